The molecule has 0 radical (unpaired) electrons. The number of rotatable bonds is 9. The molecule has 0 spiro atoms. The average Bonchev–Trinajstić information content (AvgIpc) is 2.50. The predicted octanol–water partition coefficient (Wildman–Crippen LogP) is 0.281. The lowest BCUT2D eigenvalue weighted by Gasteiger charge is -2.17. The van der Waals surface area contributed by atoms with Gasteiger partial charge in [0.05, 0.1) is 51.0 Å². The van der Waals surface area contributed by atoms with E-state index >= 15 is 0 Å². The van der Waals surface area contributed by atoms with E-state index < -0.39 is 0 Å². The molecule has 0 fully saturated rings. The first kappa shape index (κ1) is 15.9. The second-order valence-electron chi connectivity index (χ2n) is 4.81. The number of anilines is 1. The summed E-state index contributed by atoms with van der Waals surface area (Å²) >= 11 is 0. The molecular weight excluding hydrogens is 274 g/mol. The van der Waals surface area contributed by atoms with Crippen LogP contribution >= 0.6 is 0 Å². The van der Waals surface area contributed by atoms with E-state index in [-0.39, 0.29) is 5.56 Å². The van der Waals surface area contributed by atoms with Gasteiger partial charge in [0, 0.05) is 19.7 Å². The molecule has 1 aliphatic heterocycles. The van der Waals surface area contributed by atoms with Crippen LogP contribution in [-0.4, -0.2) is 56.5 Å². The van der Waals surface area contributed by atoms with Gasteiger partial charge in [0.2, 0.25) is 0 Å². The number of nitrogens with zero attached hydrogens (tertiary/aromatic N) is 2. The summed E-state index contributed by atoms with van der Waals surface area (Å²) in [5.41, 5.74) is 1.74. The third-order valence-corrected chi connectivity index (χ3v) is 3.23. The van der Waals surface area contributed by atoms with Gasteiger partial charge < -0.3 is 19.5 Å². The van der Waals surface area contributed by atoms with Crippen LogP contribution in [0.4, 0.5) is 5.69 Å². The van der Waals surface area contributed by atoms with Crippen LogP contribution in [0.3, 0.4) is 0 Å². The number of aromatic nitrogens is 2. The molecule has 7 heteroatoms. The molecule has 0 bridgehead atoms. The van der Waals surface area contributed by atoms with Crippen LogP contribution in [0.2, 0.25) is 0 Å². The lowest BCUT2D eigenvalue weighted by molar-refractivity contribution is 0.0223. The summed E-state index contributed by atoms with van der Waals surface area (Å²) in [6.45, 7) is 4.01. The van der Waals surface area contributed by atoms with E-state index in [1.807, 2.05) is 0 Å². The minimum atomic E-state index is -0.0944. The fourth-order valence-corrected chi connectivity index (χ4v) is 2.12. The Hall–Kier alpha value is -1.44. The molecule has 1 aromatic rings. The summed E-state index contributed by atoms with van der Waals surface area (Å²) in [5, 5.41) is 7.58. The molecule has 118 valence electrons. The smallest absolute Gasteiger partial charge is 0.268 e. The van der Waals surface area contributed by atoms with Gasteiger partial charge in [0.25, 0.3) is 5.56 Å². The topological polar surface area (TPSA) is 74.6 Å². The Balaban J connectivity index is 1.70. The minimum absolute atomic E-state index is 0.0944. The molecule has 2 heterocycles. The molecule has 1 aliphatic rings. The quantitative estimate of drug-likeness (QED) is 0.660. The highest BCUT2D eigenvalue weighted by Crippen LogP contribution is 2.16. The van der Waals surface area contributed by atoms with Crippen LogP contribution in [0.5, 0.6) is 0 Å². The largest absolute Gasteiger partial charge is 0.383 e. The highest BCUT2D eigenvalue weighted by Gasteiger charge is 2.12. The third-order valence-electron chi connectivity index (χ3n) is 3.23. The van der Waals surface area contributed by atoms with E-state index in [1.54, 1.807) is 13.2 Å². The van der Waals surface area contributed by atoms with Crippen molar-refractivity contribution in [3.8, 4) is 0 Å². The van der Waals surface area contributed by atoms with Gasteiger partial charge in [0.1, 0.15) is 0 Å². The molecule has 21 heavy (non-hydrogen) atoms. The maximum Gasteiger partial charge on any atom is 0.268 e. The van der Waals surface area contributed by atoms with E-state index in [4.69, 9.17) is 14.2 Å². The van der Waals surface area contributed by atoms with Gasteiger partial charge >= 0.3 is 0 Å². The number of hydrogen-bond donors (Lipinski definition) is 1. The lowest BCUT2D eigenvalue weighted by Crippen LogP contribution is -2.28. The van der Waals surface area contributed by atoms with E-state index in [1.165, 1.54) is 4.68 Å². The van der Waals surface area contributed by atoms with Gasteiger partial charge in [0.15, 0.2) is 0 Å². The van der Waals surface area contributed by atoms with Crippen molar-refractivity contribution in [3.05, 3.63) is 22.1 Å². The highest BCUT2D eigenvalue weighted by atomic mass is 16.5. The molecule has 7 nitrogen and oxygen atoms in total. The minimum Gasteiger partial charge on any atom is -0.383 e. The van der Waals surface area contributed by atoms with E-state index in [0.29, 0.717) is 39.6 Å². The van der Waals surface area contributed by atoms with Crippen LogP contribution in [0.25, 0.3) is 0 Å². The SMILES string of the molecule is COCCOCCOCCn1nc2c(cc1=O)NCCC2. The normalized spacial score (nSPS) is 13.8. The van der Waals surface area contributed by atoms with Crippen LogP contribution in [0.15, 0.2) is 10.9 Å². The molecule has 0 amide bonds. The molecular formula is C14H23N3O4. The number of fused-ring (bicyclic) bond motifs is 1. The maximum atomic E-state index is 11.9. The first-order valence-corrected chi connectivity index (χ1v) is 7.30. The Kier molecular flexibility index (Phi) is 6.65. The Morgan fingerprint density at radius 1 is 1.24 bits per heavy atom. The summed E-state index contributed by atoms with van der Waals surface area (Å²) in [4.78, 5) is 11.9. The zero-order chi connectivity index (χ0) is 14.9. The fraction of sp³-hybridized carbons (Fsp3) is 0.714. The second kappa shape index (κ2) is 8.76. The van der Waals surface area contributed by atoms with Crippen molar-refractivity contribution in [2.45, 2.75) is 19.4 Å². The monoisotopic (exact) mass is 297 g/mol. The summed E-state index contributed by atoms with van der Waals surface area (Å²) in [6, 6.07) is 1.62. The molecule has 0 saturated carbocycles. The molecule has 2 rings (SSSR count). The zero-order valence-corrected chi connectivity index (χ0v) is 12.5. The highest BCUT2D eigenvalue weighted by molar-refractivity contribution is 5.48. The maximum absolute atomic E-state index is 11.9. The van der Waals surface area contributed by atoms with Crippen LogP contribution in [0.1, 0.15) is 12.1 Å². The van der Waals surface area contributed by atoms with E-state index in [9.17, 15) is 4.79 Å². The Labute approximate surface area is 124 Å². The van der Waals surface area contributed by atoms with Crippen molar-refractivity contribution < 1.29 is 14.2 Å². The fourth-order valence-electron chi connectivity index (χ4n) is 2.12. The number of hydrogen-bond acceptors (Lipinski definition) is 6. The van der Waals surface area contributed by atoms with Gasteiger partial charge in [-0.2, -0.15) is 5.10 Å². The molecule has 0 aromatic carbocycles. The number of nitrogens with one attached hydrogen (secondary N) is 1. The Morgan fingerprint density at radius 2 is 2.00 bits per heavy atom. The second-order valence-corrected chi connectivity index (χ2v) is 4.81. The number of methoxy groups -OCH3 is 1. The summed E-state index contributed by atoms with van der Waals surface area (Å²) < 4.78 is 17.1. The van der Waals surface area contributed by atoms with Crippen molar-refractivity contribution in [3.63, 3.8) is 0 Å². The van der Waals surface area contributed by atoms with Crippen molar-refractivity contribution in [1.82, 2.24) is 9.78 Å². The summed E-state index contributed by atoms with van der Waals surface area (Å²) in [6.07, 6.45) is 1.96. The van der Waals surface area contributed by atoms with E-state index in [0.717, 1.165) is 30.8 Å². The van der Waals surface area contributed by atoms with Crippen molar-refractivity contribution in [2.75, 3.05) is 52.0 Å². The number of ether oxygens (including phenoxy) is 3. The summed E-state index contributed by atoms with van der Waals surface area (Å²) in [7, 11) is 1.64. The predicted molar refractivity (Wildman–Crippen MR) is 78.8 cm³/mol. The van der Waals surface area contributed by atoms with Crippen molar-refractivity contribution in [1.29, 1.82) is 0 Å². The van der Waals surface area contributed by atoms with E-state index in [2.05, 4.69) is 10.4 Å². The standard InChI is InChI=1S/C14H23N3O4/c1-19-7-8-21-10-9-20-6-5-17-14(18)11-13-12(16-17)3-2-4-15-13/h11,15H,2-10H2,1H3. The van der Waals surface area contributed by atoms with Gasteiger partial charge in [-0.05, 0) is 12.8 Å². The van der Waals surface area contributed by atoms with Gasteiger partial charge in [-0.15, -0.1) is 0 Å². The van der Waals surface area contributed by atoms with Crippen LogP contribution in [-0.2, 0) is 27.2 Å². The molecule has 0 atom stereocenters. The van der Waals surface area contributed by atoms with Gasteiger partial charge in [-0.25, -0.2) is 4.68 Å². The molecule has 1 aromatic heterocycles. The zero-order valence-electron chi connectivity index (χ0n) is 12.5. The van der Waals surface area contributed by atoms with Crippen molar-refractivity contribution in [2.24, 2.45) is 0 Å². The Bertz CT molecular complexity index is 490. The van der Waals surface area contributed by atoms with Crippen LogP contribution in [0, 0.1) is 0 Å². The summed E-state index contributed by atoms with van der Waals surface area (Å²) in [5.74, 6) is 0. The van der Waals surface area contributed by atoms with Crippen molar-refractivity contribution >= 4 is 5.69 Å². The van der Waals surface area contributed by atoms with Gasteiger partial charge in [-0.1, -0.05) is 0 Å². The lowest BCUT2D eigenvalue weighted by atomic mass is 10.1. The first-order valence-electron chi connectivity index (χ1n) is 7.30. The third kappa shape index (κ3) is 5.11. The van der Waals surface area contributed by atoms with Gasteiger partial charge in [-0.3, -0.25) is 4.79 Å². The van der Waals surface area contributed by atoms with Crippen LogP contribution < -0.4 is 10.9 Å². The molecule has 0 unspecified atom stereocenters. The molecule has 0 saturated heterocycles. The average molecular weight is 297 g/mol. The number of aryl methyl sites for hydroxylation is 1. The first-order chi connectivity index (χ1) is 10.3. The Morgan fingerprint density at radius 3 is 2.81 bits per heavy atom. The molecule has 0 aliphatic carbocycles. The molecule has 1 N–H and O–H groups in total.